The maximum atomic E-state index is 12.4. The van der Waals surface area contributed by atoms with Crippen LogP contribution in [-0.2, 0) is 10.4 Å². The number of hydrogen-bond donors (Lipinski definition) is 2. The van der Waals surface area contributed by atoms with Crippen molar-refractivity contribution in [1.82, 2.24) is 4.90 Å². The highest BCUT2D eigenvalue weighted by atomic mass is 35.5. The van der Waals surface area contributed by atoms with E-state index in [1.54, 1.807) is 17.0 Å². The number of hydrogen-bond acceptors (Lipinski definition) is 3. The van der Waals surface area contributed by atoms with Crippen molar-refractivity contribution in [3.63, 3.8) is 0 Å². The third kappa shape index (κ3) is 4.38. The van der Waals surface area contributed by atoms with Crippen LogP contribution in [0, 0.1) is 5.92 Å². The van der Waals surface area contributed by atoms with Crippen molar-refractivity contribution in [2.75, 3.05) is 6.54 Å². The first-order chi connectivity index (χ1) is 10.2. The van der Waals surface area contributed by atoms with E-state index in [0.29, 0.717) is 24.4 Å². The number of benzene rings is 1. The zero-order chi connectivity index (χ0) is 16.5. The van der Waals surface area contributed by atoms with E-state index >= 15 is 0 Å². The molecule has 3 N–H and O–H groups in total. The van der Waals surface area contributed by atoms with Crippen LogP contribution >= 0.6 is 24.0 Å². The molecule has 6 heteroatoms. The smallest absolute Gasteiger partial charge is 0.239 e. The molecule has 1 amide bonds. The maximum absolute atomic E-state index is 12.4. The van der Waals surface area contributed by atoms with Gasteiger partial charge >= 0.3 is 0 Å². The minimum atomic E-state index is -0.914. The fraction of sp³-hybridized carbons (Fsp3) is 0.588. The number of halogens is 2. The number of carbonyl (C=O) groups excluding carboxylic acids is 1. The Kier molecular flexibility index (Phi) is 6.90. The van der Waals surface area contributed by atoms with Gasteiger partial charge in [0, 0.05) is 24.0 Å². The van der Waals surface area contributed by atoms with Gasteiger partial charge in [-0.05, 0) is 37.0 Å². The summed E-state index contributed by atoms with van der Waals surface area (Å²) in [7, 11) is 0. The lowest BCUT2D eigenvalue weighted by molar-refractivity contribution is -0.142. The monoisotopic (exact) mass is 360 g/mol. The molecule has 0 saturated carbocycles. The molecular formula is C17H26Cl2N2O2. The Morgan fingerprint density at radius 1 is 1.39 bits per heavy atom. The molecule has 1 aromatic rings. The highest BCUT2D eigenvalue weighted by Crippen LogP contribution is 2.36. The van der Waals surface area contributed by atoms with Gasteiger partial charge in [-0.1, -0.05) is 37.6 Å². The summed E-state index contributed by atoms with van der Waals surface area (Å²) < 4.78 is 0. The molecule has 4 nitrogen and oxygen atoms in total. The van der Waals surface area contributed by atoms with Gasteiger partial charge in [0.2, 0.25) is 5.91 Å². The molecule has 130 valence electrons. The normalized spacial score (nSPS) is 25.9. The fourth-order valence-electron chi connectivity index (χ4n) is 3.05. The minimum absolute atomic E-state index is 0. The van der Waals surface area contributed by atoms with Crippen molar-refractivity contribution in [1.29, 1.82) is 0 Å². The predicted octanol–water partition coefficient (Wildman–Crippen LogP) is 2.94. The number of amides is 1. The first-order valence-electron chi connectivity index (χ1n) is 7.79. The largest absolute Gasteiger partial charge is 0.385 e. The van der Waals surface area contributed by atoms with Gasteiger partial charge < -0.3 is 15.7 Å². The SMILES string of the molecule is CC(C)C(N)C(=O)N1CCC(O)(c2ccc(Cl)cc2)CC1C.Cl. The highest BCUT2D eigenvalue weighted by molar-refractivity contribution is 6.30. The van der Waals surface area contributed by atoms with Gasteiger partial charge in [-0.25, -0.2) is 0 Å². The molecule has 1 heterocycles. The maximum Gasteiger partial charge on any atom is 0.239 e. The number of piperidine rings is 1. The Morgan fingerprint density at radius 3 is 2.43 bits per heavy atom. The third-order valence-corrected chi connectivity index (χ3v) is 4.85. The minimum Gasteiger partial charge on any atom is -0.385 e. The van der Waals surface area contributed by atoms with Gasteiger partial charge in [-0.15, -0.1) is 12.4 Å². The summed E-state index contributed by atoms with van der Waals surface area (Å²) >= 11 is 5.91. The van der Waals surface area contributed by atoms with Crippen molar-refractivity contribution >= 4 is 29.9 Å². The second-order valence-electron chi connectivity index (χ2n) is 6.64. The van der Waals surface area contributed by atoms with Crippen LogP contribution in [-0.4, -0.2) is 34.5 Å². The molecule has 0 radical (unpaired) electrons. The summed E-state index contributed by atoms with van der Waals surface area (Å²) in [6.45, 7) is 6.37. The van der Waals surface area contributed by atoms with Crippen LogP contribution in [0.4, 0.5) is 0 Å². The number of likely N-dealkylation sites (tertiary alicyclic amines) is 1. The summed E-state index contributed by atoms with van der Waals surface area (Å²) in [4.78, 5) is 14.2. The van der Waals surface area contributed by atoms with E-state index in [0.717, 1.165) is 5.56 Å². The second-order valence-corrected chi connectivity index (χ2v) is 7.08. The van der Waals surface area contributed by atoms with Crippen molar-refractivity contribution in [2.24, 2.45) is 11.7 Å². The predicted molar refractivity (Wildman–Crippen MR) is 95.8 cm³/mol. The average molecular weight is 361 g/mol. The molecule has 1 saturated heterocycles. The van der Waals surface area contributed by atoms with Gasteiger partial charge in [0.05, 0.1) is 11.6 Å². The molecule has 0 bridgehead atoms. The number of aliphatic hydroxyl groups is 1. The molecule has 0 aromatic heterocycles. The molecule has 1 fully saturated rings. The van der Waals surface area contributed by atoms with Crippen LogP contribution in [0.25, 0.3) is 0 Å². The molecule has 1 aliphatic heterocycles. The average Bonchev–Trinajstić information content (AvgIpc) is 2.46. The molecule has 1 aliphatic rings. The lowest BCUT2D eigenvalue weighted by atomic mass is 9.81. The van der Waals surface area contributed by atoms with Crippen LogP contribution in [0.2, 0.25) is 5.02 Å². The molecule has 3 atom stereocenters. The van der Waals surface area contributed by atoms with E-state index in [2.05, 4.69) is 0 Å². The summed E-state index contributed by atoms with van der Waals surface area (Å²) in [5.41, 5.74) is 5.92. The Labute approximate surface area is 149 Å². The summed E-state index contributed by atoms with van der Waals surface area (Å²) in [6.07, 6.45) is 1.01. The lowest BCUT2D eigenvalue weighted by Gasteiger charge is -2.44. The van der Waals surface area contributed by atoms with E-state index in [1.807, 2.05) is 32.9 Å². The zero-order valence-electron chi connectivity index (χ0n) is 13.8. The first kappa shape index (κ1) is 20.2. The van der Waals surface area contributed by atoms with Crippen LogP contribution in [0.15, 0.2) is 24.3 Å². The van der Waals surface area contributed by atoms with Crippen molar-refractivity contribution in [2.45, 2.75) is 51.3 Å². The van der Waals surface area contributed by atoms with Crippen molar-refractivity contribution in [3.8, 4) is 0 Å². The first-order valence-corrected chi connectivity index (χ1v) is 8.17. The highest BCUT2D eigenvalue weighted by Gasteiger charge is 2.40. The van der Waals surface area contributed by atoms with Gasteiger partial charge in [-0.3, -0.25) is 4.79 Å². The molecular weight excluding hydrogens is 335 g/mol. The van der Waals surface area contributed by atoms with Gasteiger partial charge in [-0.2, -0.15) is 0 Å². The van der Waals surface area contributed by atoms with Crippen molar-refractivity contribution in [3.05, 3.63) is 34.9 Å². The summed E-state index contributed by atoms with van der Waals surface area (Å²) in [5.74, 6) is 0.0810. The zero-order valence-corrected chi connectivity index (χ0v) is 15.4. The number of carbonyl (C=O) groups is 1. The van der Waals surface area contributed by atoms with E-state index in [1.165, 1.54) is 0 Å². The Bertz CT molecular complexity index is 536. The van der Waals surface area contributed by atoms with E-state index in [9.17, 15) is 9.90 Å². The van der Waals surface area contributed by atoms with Gasteiger partial charge in [0.25, 0.3) is 0 Å². The van der Waals surface area contributed by atoms with Crippen LogP contribution in [0.1, 0.15) is 39.2 Å². The topological polar surface area (TPSA) is 66.6 Å². The number of nitrogens with zero attached hydrogens (tertiary/aromatic N) is 1. The Hall–Kier alpha value is -0.810. The molecule has 23 heavy (non-hydrogen) atoms. The summed E-state index contributed by atoms with van der Waals surface area (Å²) in [5, 5.41) is 11.6. The molecule has 2 rings (SSSR count). The molecule has 1 aromatic carbocycles. The summed E-state index contributed by atoms with van der Waals surface area (Å²) in [6, 6.07) is 6.74. The molecule has 0 aliphatic carbocycles. The number of rotatable bonds is 3. The molecule has 3 unspecified atom stereocenters. The standard InChI is InChI=1S/C17H25ClN2O2.ClH/c1-11(2)15(19)16(21)20-9-8-17(22,10-12(20)3)13-4-6-14(18)7-5-13;/h4-7,11-12,15,22H,8-10,19H2,1-3H3;1H. The van der Waals surface area contributed by atoms with Crippen molar-refractivity contribution < 1.29 is 9.90 Å². The Morgan fingerprint density at radius 2 is 1.96 bits per heavy atom. The van der Waals surface area contributed by atoms with Crippen LogP contribution in [0.3, 0.4) is 0 Å². The Balaban J connectivity index is 0.00000264. The van der Waals surface area contributed by atoms with E-state index in [-0.39, 0.29) is 30.3 Å². The lowest BCUT2D eigenvalue weighted by Crippen LogP contribution is -2.55. The second kappa shape index (κ2) is 7.84. The molecule has 0 spiro atoms. The van der Waals surface area contributed by atoms with Gasteiger partial charge in [0.15, 0.2) is 0 Å². The quantitative estimate of drug-likeness (QED) is 0.870. The fourth-order valence-corrected chi connectivity index (χ4v) is 3.18. The van der Waals surface area contributed by atoms with Gasteiger partial charge in [0.1, 0.15) is 0 Å². The van der Waals surface area contributed by atoms with E-state index < -0.39 is 11.6 Å². The third-order valence-electron chi connectivity index (χ3n) is 4.60. The number of nitrogens with two attached hydrogens (primary N) is 1. The van der Waals surface area contributed by atoms with Crippen LogP contribution < -0.4 is 5.73 Å². The van der Waals surface area contributed by atoms with Crippen LogP contribution in [0.5, 0.6) is 0 Å². The van der Waals surface area contributed by atoms with E-state index in [4.69, 9.17) is 17.3 Å².